The normalized spacial score (nSPS) is 15.7. The molecule has 7 heteroatoms. The predicted molar refractivity (Wildman–Crippen MR) is 146 cm³/mol. The summed E-state index contributed by atoms with van der Waals surface area (Å²) in [4.78, 5) is 31.7. The van der Waals surface area contributed by atoms with E-state index in [2.05, 4.69) is 16.8 Å². The van der Waals surface area contributed by atoms with Gasteiger partial charge in [0, 0.05) is 23.2 Å². The van der Waals surface area contributed by atoms with Crippen LogP contribution < -0.4 is 10.1 Å². The number of anilines is 1. The minimum Gasteiger partial charge on any atom is -0.491 e. The molecule has 190 valence electrons. The summed E-state index contributed by atoms with van der Waals surface area (Å²) in [5, 5.41) is 5.04. The molecule has 2 aromatic carbocycles. The molecule has 36 heavy (non-hydrogen) atoms. The summed E-state index contributed by atoms with van der Waals surface area (Å²) in [6, 6.07) is 17.2. The molecule has 2 heterocycles. The van der Waals surface area contributed by atoms with E-state index in [0.717, 1.165) is 35.4 Å². The Morgan fingerprint density at radius 1 is 1.08 bits per heavy atom. The Morgan fingerprint density at radius 2 is 1.75 bits per heavy atom. The van der Waals surface area contributed by atoms with Gasteiger partial charge in [0.15, 0.2) is 0 Å². The van der Waals surface area contributed by atoms with Crippen LogP contribution in [-0.4, -0.2) is 47.5 Å². The lowest BCUT2D eigenvalue weighted by Crippen LogP contribution is -2.50. The summed E-state index contributed by atoms with van der Waals surface area (Å²) < 4.78 is 6.13. The topological polar surface area (TPSA) is 61.9 Å². The van der Waals surface area contributed by atoms with Gasteiger partial charge < -0.3 is 19.9 Å². The third-order valence-corrected chi connectivity index (χ3v) is 7.83. The van der Waals surface area contributed by atoms with E-state index in [1.54, 1.807) is 16.2 Å². The van der Waals surface area contributed by atoms with Crippen molar-refractivity contribution in [1.82, 2.24) is 9.80 Å². The van der Waals surface area contributed by atoms with Crippen LogP contribution >= 0.6 is 11.3 Å². The number of amides is 3. The molecule has 0 aliphatic carbocycles. The van der Waals surface area contributed by atoms with E-state index in [1.807, 2.05) is 81.1 Å². The fourth-order valence-electron chi connectivity index (χ4n) is 4.40. The van der Waals surface area contributed by atoms with Crippen molar-refractivity contribution in [3.05, 3.63) is 81.5 Å². The molecule has 3 aromatic rings. The number of rotatable bonds is 8. The summed E-state index contributed by atoms with van der Waals surface area (Å²) in [5.41, 5.74) is 4.16. The maximum atomic E-state index is 13.7. The molecule has 0 saturated heterocycles. The number of benzene rings is 2. The Bertz CT molecular complexity index is 1170. The molecule has 0 saturated carbocycles. The molecular formula is C29H35N3O3S. The van der Waals surface area contributed by atoms with E-state index >= 15 is 0 Å². The molecule has 1 N–H and O–H groups in total. The van der Waals surface area contributed by atoms with Gasteiger partial charge in [-0.2, -0.15) is 0 Å². The van der Waals surface area contributed by atoms with Gasteiger partial charge in [0.1, 0.15) is 18.9 Å². The first-order valence-corrected chi connectivity index (χ1v) is 13.4. The third kappa shape index (κ3) is 6.08. The maximum absolute atomic E-state index is 13.7. The first-order valence-electron chi connectivity index (χ1n) is 12.5. The number of urea groups is 1. The number of carbonyl (C=O) groups excluding carboxylic acids is 2. The Morgan fingerprint density at radius 3 is 2.42 bits per heavy atom. The summed E-state index contributed by atoms with van der Waals surface area (Å²) >= 11 is 1.73. The van der Waals surface area contributed by atoms with Crippen LogP contribution in [0.4, 0.5) is 10.5 Å². The number of nitrogens with one attached hydrogen (secondary N) is 1. The van der Waals surface area contributed by atoms with Gasteiger partial charge in [-0.3, -0.25) is 4.79 Å². The molecule has 2 unspecified atom stereocenters. The molecule has 3 amide bonds. The monoisotopic (exact) mass is 505 g/mol. The molecule has 0 fully saturated rings. The highest BCUT2D eigenvalue weighted by atomic mass is 32.1. The molecule has 1 aromatic heterocycles. The average Bonchev–Trinajstić information content (AvgIpc) is 3.36. The van der Waals surface area contributed by atoms with Gasteiger partial charge in [-0.25, -0.2) is 4.79 Å². The first kappa shape index (κ1) is 25.8. The van der Waals surface area contributed by atoms with Crippen molar-refractivity contribution < 1.29 is 14.3 Å². The average molecular weight is 506 g/mol. The lowest BCUT2D eigenvalue weighted by atomic mass is 10.00. The predicted octanol–water partition coefficient (Wildman–Crippen LogP) is 6.20. The van der Waals surface area contributed by atoms with Crippen molar-refractivity contribution in [2.45, 2.75) is 52.6 Å². The molecule has 0 bridgehead atoms. The van der Waals surface area contributed by atoms with Crippen LogP contribution in [0.1, 0.15) is 47.9 Å². The lowest BCUT2D eigenvalue weighted by molar-refractivity contribution is -0.135. The highest BCUT2D eigenvalue weighted by Gasteiger charge is 2.34. The van der Waals surface area contributed by atoms with Crippen LogP contribution in [0, 0.1) is 13.8 Å². The maximum Gasteiger partial charge on any atom is 0.322 e. The Kier molecular flexibility index (Phi) is 8.31. The van der Waals surface area contributed by atoms with Crippen LogP contribution in [0.3, 0.4) is 0 Å². The molecule has 6 nitrogen and oxygen atoms in total. The standard InChI is InChI=1S/C29H35N3O3S/c1-5-22(4)32(29(34)30-23-10-6-20(2)7-11-23)18-28(33)31-16-14-27-25(15-17-36-27)26(31)19-35-24-12-8-21(3)9-13-24/h6-13,15,17,22,26H,5,14,16,18-19H2,1-4H3,(H,30,34). The van der Waals surface area contributed by atoms with E-state index < -0.39 is 0 Å². The van der Waals surface area contributed by atoms with Crippen molar-refractivity contribution >= 4 is 29.0 Å². The minimum atomic E-state index is -0.262. The molecule has 0 radical (unpaired) electrons. The Hall–Kier alpha value is -3.32. The van der Waals surface area contributed by atoms with Crippen LogP contribution in [0.5, 0.6) is 5.75 Å². The van der Waals surface area contributed by atoms with Gasteiger partial charge >= 0.3 is 6.03 Å². The third-order valence-electron chi connectivity index (χ3n) is 6.84. The van der Waals surface area contributed by atoms with Gasteiger partial charge in [0.25, 0.3) is 0 Å². The van der Waals surface area contributed by atoms with Crippen LogP contribution in [-0.2, 0) is 11.2 Å². The number of aryl methyl sites for hydroxylation is 2. The number of hydrogen-bond donors (Lipinski definition) is 1. The smallest absolute Gasteiger partial charge is 0.322 e. The fraction of sp³-hybridized carbons (Fsp3) is 0.379. The summed E-state index contributed by atoms with van der Waals surface area (Å²) in [5.74, 6) is 0.720. The molecule has 1 aliphatic rings. The molecule has 1 aliphatic heterocycles. The van der Waals surface area contributed by atoms with Crippen LogP contribution in [0.2, 0.25) is 0 Å². The van der Waals surface area contributed by atoms with Crippen molar-refractivity contribution in [1.29, 1.82) is 0 Å². The number of nitrogens with zero attached hydrogens (tertiary/aromatic N) is 2. The lowest BCUT2D eigenvalue weighted by Gasteiger charge is -2.38. The van der Waals surface area contributed by atoms with Crippen molar-refractivity contribution in [3.63, 3.8) is 0 Å². The number of carbonyl (C=O) groups is 2. The molecule has 4 rings (SSSR count). The van der Waals surface area contributed by atoms with E-state index in [1.165, 1.54) is 10.4 Å². The Balaban J connectivity index is 1.50. The number of thiophene rings is 1. The van der Waals surface area contributed by atoms with Crippen LogP contribution in [0.25, 0.3) is 0 Å². The quantitative estimate of drug-likeness (QED) is 0.396. The molecule has 2 atom stereocenters. The Labute approximate surface area is 217 Å². The van der Waals surface area contributed by atoms with Crippen molar-refractivity contribution in [2.75, 3.05) is 25.0 Å². The van der Waals surface area contributed by atoms with Gasteiger partial charge in [-0.15, -0.1) is 11.3 Å². The minimum absolute atomic E-state index is 0.0210. The van der Waals surface area contributed by atoms with E-state index in [9.17, 15) is 9.59 Å². The zero-order valence-electron chi connectivity index (χ0n) is 21.5. The highest BCUT2D eigenvalue weighted by molar-refractivity contribution is 7.10. The summed E-state index contributed by atoms with van der Waals surface area (Å²) in [6.07, 6.45) is 1.57. The van der Waals surface area contributed by atoms with Gasteiger partial charge in [0.05, 0.1) is 6.04 Å². The summed E-state index contributed by atoms with van der Waals surface area (Å²) in [6.45, 7) is 9.06. The second-order valence-electron chi connectivity index (χ2n) is 9.46. The SMILES string of the molecule is CCC(C)N(CC(=O)N1CCc2sccc2C1COc1ccc(C)cc1)C(=O)Nc1ccc(C)cc1. The van der Waals surface area contributed by atoms with Gasteiger partial charge in [-0.05, 0) is 74.9 Å². The second-order valence-corrected chi connectivity index (χ2v) is 10.5. The first-order chi connectivity index (χ1) is 17.4. The largest absolute Gasteiger partial charge is 0.491 e. The van der Waals surface area contributed by atoms with Crippen molar-refractivity contribution in [3.8, 4) is 5.75 Å². The number of ether oxygens (including phenoxy) is 1. The van der Waals surface area contributed by atoms with Crippen molar-refractivity contribution in [2.24, 2.45) is 0 Å². The highest BCUT2D eigenvalue weighted by Crippen LogP contribution is 2.34. The van der Waals surface area contributed by atoms with Gasteiger partial charge in [-0.1, -0.05) is 42.3 Å². The van der Waals surface area contributed by atoms with E-state index in [4.69, 9.17) is 4.74 Å². The number of fused-ring (bicyclic) bond motifs is 1. The van der Waals surface area contributed by atoms with Crippen LogP contribution in [0.15, 0.2) is 60.0 Å². The van der Waals surface area contributed by atoms with E-state index in [-0.39, 0.29) is 30.6 Å². The number of hydrogen-bond acceptors (Lipinski definition) is 4. The van der Waals surface area contributed by atoms with E-state index in [0.29, 0.717) is 13.2 Å². The summed E-state index contributed by atoms with van der Waals surface area (Å²) in [7, 11) is 0. The fourth-order valence-corrected chi connectivity index (χ4v) is 5.33. The molecule has 0 spiro atoms. The molecular weight excluding hydrogens is 470 g/mol. The van der Waals surface area contributed by atoms with Gasteiger partial charge in [0.2, 0.25) is 5.91 Å². The zero-order valence-corrected chi connectivity index (χ0v) is 22.3. The second kappa shape index (κ2) is 11.6. The zero-order chi connectivity index (χ0) is 25.7.